The van der Waals surface area contributed by atoms with E-state index in [1.54, 1.807) is 11.3 Å². The number of hydrogen-bond donors (Lipinski definition) is 0. The monoisotopic (exact) mass is 960 g/mol. The van der Waals surface area contributed by atoms with Crippen molar-refractivity contribution in [1.82, 2.24) is 65.0 Å². The second-order valence-electron chi connectivity index (χ2n) is 17.3. The van der Waals surface area contributed by atoms with Crippen molar-refractivity contribution in [1.29, 1.82) is 0 Å². The van der Waals surface area contributed by atoms with E-state index in [1.165, 1.54) is 54.5 Å². The van der Waals surface area contributed by atoms with Crippen LogP contribution in [0.5, 0.6) is 0 Å². The zero-order valence-corrected chi connectivity index (χ0v) is 47.5. The average Bonchev–Trinajstić information content (AvgIpc) is 3.54. The lowest BCUT2D eigenvalue weighted by molar-refractivity contribution is 0.875. The van der Waals surface area contributed by atoms with E-state index in [-0.39, 0.29) is 7.43 Å². The fourth-order valence-corrected chi connectivity index (χ4v) is 7.02. The Morgan fingerprint density at radius 1 is 0.203 bits per heavy atom. The Labute approximate surface area is 420 Å². The second-order valence-corrected chi connectivity index (χ2v) is 18.7. The van der Waals surface area contributed by atoms with Gasteiger partial charge in [0, 0.05) is 39.0 Å². The molecule has 7 aromatic heterocycles. The summed E-state index contributed by atoms with van der Waals surface area (Å²) in [4.78, 5) is 47.5. The van der Waals surface area contributed by atoms with Crippen molar-refractivity contribution in [2.45, 2.75) is 194 Å². The van der Waals surface area contributed by atoms with Crippen LogP contribution in [-0.4, -0.2) is 65.0 Å². The van der Waals surface area contributed by atoms with Crippen LogP contribution in [0, 0.1) is 187 Å². The normalized spacial score (nSPS) is 9.84. The number of pyridine rings is 1. The molecule has 0 amide bonds. The Hall–Kier alpha value is -5.89. The number of nitrogens with zero attached hydrogens (tertiary/aromatic N) is 13. The largest absolute Gasteiger partial charge is 0.258 e. The van der Waals surface area contributed by atoms with Gasteiger partial charge in [0.05, 0.1) is 44.9 Å². The maximum Gasteiger partial charge on any atom is 0.129 e. The van der Waals surface area contributed by atoms with Crippen LogP contribution in [0.25, 0.3) is 0 Å². The van der Waals surface area contributed by atoms with E-state index in [4.69, 9.17) is 0 Å². The number of aromatic nitrogens is 13. The molecular weight excluding hydrogens is 875 g/mol. The van der Waals surface area contributed by atoms with Gasteiger partial charge in [-0.25, -0.2) is 39.9 Å². The molecule has 0 spiro atoms. The molecule has 0 atom stereocenters. The minimum Gasteiger partial charge on any atom is -0.258 e. The molecule has 69 heavy (non-hydrogen) atoms. The SMILES string of the molecule is C.Cc1nc(C)c(C)c(C)c1C.Cc1nc(C)c(C)c(C)n1.Cc1nc(C)c(C)c(C)n1.Cc1nc(C)c(C)nc1C.Cc1nc(C)c(C)s1.Cc1nc(C)nc(C)n1.Cc1nnc(C)c(C)c1C. The van der Waals surface area contributed by atoms with Gasteiger partial charge in [0.15, 0.2) is 0 Å². The van der Waals surface area contributed by atoms with E-state index in [9.17, 15) is 0 Å². The van der Waals surface area contributed by atoms with Crippen LogP contribution in [0.3, 0.4) is 0 Å². The molecule has 0 bridgehead atoms. The molecule has 0 aliphatic heterocycles. The first kappa shape index (κ1) is 63.1. The fourth-order valence-electron chi connectivity index (χ4n) is 6.20. The van der Waals surface area contributed by atoms with Crippen molar-refractivity contribution in [3.05, 3.63) is 152 Å². The summed E-state index contributed by atoms with van der Waals surface area (Å²) in [6.07, 6.45) is 0. The molecule has 0 fully saturated rings. The molecule has 0 saturated heterocycles. The molecule has 0 N–H and O–H groups in total. The van der Waals surface area contributed by atoms with Gasteiger partial charge in [-0.3, -0.25) is 15.0 Å². The Morgan fingerprint density at radius 2 is 0.435 bits per heavy atom. The Kier molecular flexibility index (Phi) is 26.7. The molecule has 13 nitrogen and oxygen atoms in total. The first-order valence-electron chi connectivity index (χ1n) is 23.0. The van der Waals surface area contributed by atoms with Crippen molar-refractivity contribution < 1.29 is 0 Å². The molecule has 0 aromatic carbocycles. The number of aryl methyl sites for hydroxylation is 20. The highest BCUT2D eigenvalue weighted by molar-refractivity contribution is 7.11. The van der Waals surface area contributed by atoms with Gasteiger partial charge in [-0.2, -0.15) is 10.2 Å². The molecular formula is C55H85N13S. The summed E-state index contributed by atoms with van der Waals surface area (Å²) in [5.74, 6) is 4.10. The van der Waals surface area contributed by atoms with Crippen molar-refractivity contribution in [3.63, 3.8) is 0 Å². The summed E-state index contributed by atoms with van der Waals surface area (Å²) in [5.41, 5.74) is 23.0. The molecule has 7 aromatic rings. The first-order chi connectivity index (χ1) is 31.4. The maximum absolute atomic E-state index is 4.43. The standard InChI is InChI=1S/C10H15N.4C8H12N2.C6H9N3.C6H9NS.CH4/c1-6-7(2)9(4)11-10(5)8(6)3;1-5-6(2)10-8(4)7(3)9-5;2*1-5-6(2)9-8(4)10-7(5)3;1-5-6(2)8(4)10-9-7(5)3;1-4-7-5(2)9-6(3)8-4;1-4-5(2)8-6(3)7-4;/h1-5H3;4*1-4H3;1-3H3;1-3H3;1H4. The van der Waals surface area contributed by atoms with Gasteiger partial charge in [-0.15, -0.1) is 11.3 Å². The minimum atomic E-state index is 0. The van der Waals surface area contributed by atoms with Crippen LogP contribution < -0.4 is 0 Å². The van der Waals surface area contributed by atoms with Gasteiger partial charge < -0.3 is 0 Å². The number of thiazole rings is 1. The van der Waals surface area contributed by atoms with Crippen LogP contribution in [0.2, 0.25) is 0 Å². The highest BCUT2D eigenvalue weighted by Gasteiger charge is 2.05. The van der Waals surface area contributed by atoms with E-state index in [0.29, 0.717) is 0 Å². The zero-order chi connectivity index (χ0) is 52.5. The number of rotatable bonds is 0. The summed E-state index contributed by atoms with van der Waals surface area (Å²) in [7, 11) is 0. The topological polar surface area (TPSA) is 168 Å². The van der Waals surface area contributed by atoms with Gasteiger partial charge in [0.2, 0.25) is 0 Å². The third-order valence-electron chi connectivity index (χ3n) is 11.9. The predicted molar refractivity (Wildman–Crippen MR) is 289 cm³/mol. The summed E-state index contributed by atoms with van der Waals surface area (Å²) in [6.45, 7) is 54.3. The van der Waals surface area contributed by atoms with Gasteiger partial charge in [-0.05, 0) is 226 Å². The van der Waals surface area contributed by atoms with Crippen molar-refractivity contribution in [2.75, 3.05) is 0 Å². The highest BCUT2D eigenvalue weighted by Crippen LogP contribution is 2.17. The molecule has 0 aliphatic rings. The quantitative estimate of drug-likeness (QED) is 0.141. The molecule has 376 valence electrons. The summed E-state index contributed by atoms with van der Waals surface area (Å²) in [5, 5.41) is 9.14. The molecule has 0 saturated carbocycles. The molecule has 0 radical (unpaired) electrons. The minimum absolute atomic E-state index is 0. The summed E-state index contributed by atoms with van der Waals surface area (Å²) in [6, 6.07) is 0. The Bertz CT molecular complexity index is 2500. The van der Waals surface area contributed by atoms with Gasteiger partial charge in [-0.1, -0.05) is 7.43 Å². The van der Waals surface area contributed by atoms with Crippen LogP contribution in [0.15, 0.2) is 0 Å². The summed E-state index contributed by atoms with van der Waals surface area (Å²) >= 11 is 1.76. The molecule has 0 aliphatic carbocycles. The molecule has 14 heteroatoms. The van der Waals surface area contributed by atoms with E-state index < -0.39 is 0 Å². The van der Waals surface area contributed by atoms with Gasteiger partial charge in [0.1, 0.15) is 29.1 Å². The highest BCUT2D eigenvalue weighted by atomic mass is 32.1. The maximum atomic E-state index is 4.43. The van der Waals surface area contributed by atoms with Gasteiger partial charge >= 0.3 is 0 Å². The van der Waals surface area contributed by atoms with Gasteiger partial charge in [0.25, 0.3) is 0 Å². The molecule has 0 unspecified atom stereocenters. The average molecular weight is 960 g/mol. The molecule has 7 heterocycles. The fraction of sp³-hybridized carbons (Fsp3) is 0.509. The Morgan fingerprint density at radius 3 is 0.667 bits per heavy atom. The number of hydrogen-bond acceptors (Lipinski definition) is 14. The lowest BCUT2D eigenvalue weighted by atomic mass is 10.0. The zero-order valence-electron chi connectivity index (χ0n) is 46.7. The second kappa shape index (κ2) is 29.2. The predicted octanol–water partition coefficient (Wildman–Crippen LogP) is 13.0. The van der Waals surface area contributed by atoms with E-state index >= 15 is 0 Å². The molecule has 7 rings (SSSR count). The Balaban J connectivity index is 0.000000781. The summed E-state index contributed by atoms with van der Waals surface area (Å²) < 4.78 is 0. The lowest BCUT2D eigenvalue weighted by Gasteiger charge is -2.09. The smallest absolute Gasteiger partial charge is 0.129 e. The first-order valence-corrected chi connectivity index (χ1v) is 23.8. The third kappa shape index (κ3) is 21.1. The lowest BCUT2D eigenvalue weighted by Crippen LogP contribution is -1.98. The van der Waals surface area contributed by atoms with Crippen LogP contribution in [0.1, 0.15) is 159 Å². The van der Waals surface area contributed by atoms with E-state index in [1.807, 2.05) is 132 Å². The van der Waals surface area contributed by atoms with Crippen molar-refractivity contribution in [2.24, 2.45) is 0 Å². The van der Waals surface area contributed by atoms with Crippen molar-refractivity contribution in [3.8, 4) is 0 Å². The third-order valence-corrected chi connectivity index (χ3v) is 12.8. The van der Waals surface area contributed by atoms with Crippen molar-refractivity contribution >= 4 is 11.3 Å². The van der Waals surface area contributed by atoms with Crippen LogP contribution in [0.4, 0.5) is 0 Å². The van der Waals surface area contributed by atoms with Crippen LogP contribution >= 0.6 is 11.3 Å². The van der Waals surface area contributed by atoms with Crippen LogP contribution in [-0.2, 0) is 0 Å². The van der Waals surface area contributed by atoms with E-state index in [0.717, 1.165) is 97.4 Å². The van der Waals surface area contributed by atoms with E-state index in [2.05, 4.69) is 120 Å².